The topological polar surface area (TPSA) is 54.4 Å². The third kappa shape index (κ3) is 2.27. The third-order valence-corrected chi connectivity index (χ3v) is 8.26. The normalized spacial score (nSPS) is 41.6. The molecule has 4 aliphatic carbocycles. The molecule has 4 rings (SSSR count). The highest BCUT2D eigenvalue weighted by molar-refractivity contribution is 5.93. The zero-order valence-corrected chi connectivity index (χ0v) is 15.7. The Kier molecular flexibility index (Phi) is 3.88. The second-order valence-corrected chi connectivity index (χ2v) is 9.22. The molecule has 136 valence electrons. The first-order valence-electron chi connectivity index (χ1n) is 9.96. The molecule has 0 radical (unpaired) electrons. The van der Waals surface area contributed by atoms with E-state index in [0.717, 1.165) is 44.9 Å². The standard InChI is InChI=1S/C22H30O3/c1-13(23)20(25)22(3)11-9-19-18-6-4-14-12-15(24)5-7-16(14)17(18)8-10-21(19,22)2/h12-13,18-19,23H,4-11H2,1-3H3/t13-,18-,19-,21+,22-/m1/s1. The number of aliphatic hydroxyl groups excluding tert-OH is 1. The van der Waals surface area contributed by atoms with Gasteiger partial charge in [-0.3, -0.25) is 9.59 Å². The van der Waals surface area contributed by atoms with Gasteiger partial charge in [-0.05, 0) is 86.3 Å². The second kappa shape index (κ2) is 5.64. The van der Waals surface area contributed by atoms with Gasteiger partial charge in [-0.1, -0.05) is 19.4 Å². The van der Waals surface area contributed by atoms with Crippen molar-refractivity contribution in [3.63, 3.8) is 0 Å². The highest BCUT2D eigenvalue weighted by atomic mass is 16.3. The minimum Gasteiger partial charge on any atom is -0.386 e. The highest BCUT2D eigenvalue weighted by Crippen LogP contribution is 2.67. The summed E-state index contributed by atoms with van der Waals surface area (Å²) < 4.78 is 0. The Morgan fingerprint density at radius 2 is 1.92 bits per heavy atom. The molecule has 0 aromatic rings. The van der Waals surface area contributed by atoms with Gasteiger partial charge in [0.25, 0.3) is 0 Å². The van der Waals surface area contributed by atoms with E-state index in [0.29, 0.717) is 18.3 Å². The van der Waals surface area contributed by atoms with Crippen LogP contribution in [0, 0.1) is 22.7 Å². The summed E-state index contributed by atoms with van der Waals surface area (Å²) >= 11 is 0. The van der Waals surface area contributed by atoms with E-state index in [4.69, 9.17) is 0 Å². The molecule has 0 aromatic carbocycles. The molecule has 25 heavy (non-hydrogen) atoms. The van der Waals surface area contributed by atoms with Crippen molar-refractivity contribution >= 4 is 11.6 Å². The SMILES string of the molecule is C[C@@H](O)C(=O)[C@@]1(C)CC[C@@H]2[C@@H]3CCC4=CC(=O)CCC4=C3CC[C@@]21C. The third-order valence-electron chi connectivity index (χ3n) is 8.26. The zero-order valence-electron chi connectivity index (χ0n) is 15.7. The van der Waals surface area contributed by atoms with Gasteiger partial charge >= 0.3 is 0 Å². The lowest BCUT2D eigenvalue weighted by Gasteiger charge is -2.52. The Bertz CT molecular complexity index is 698. The molecule has 5 atom stereocenters. The summed E-state index contributed by atoms with van der Waals surface area (Å²) in [7, 11) is 0. The quantitative estimate of drug-likeness (QED) is 0.820. The van der Waals surface area contributed by atoms with Gasteiger partial charge in [-0.25, -0.2) is 0 Å². The predicted molar refractivity (Wildman–Crippen MR) is 96.9 cm³/mol. The highest BCUT2D eigenvalue weighted by Gasteiger charge is 2.62. The molecular weight excluding hydrogens is 312 g/mol. The van der Waals surface area contributed by atoms with E-state index in [2.05, 4.69) is 13.8 Å². The summed E-state index contributed by atoms with van der Waals surface area (Å²) in [6, 6.07) is 0. The zero-order chi connectivity index (χ0) is 18.0. The number of hydrogen-bond acceptors (Lipinski definition) is 3. The average molecular weight is 342 g/mol. The summed E-state index contributed by atoms with van der Waals surface area (Å²) in [6.07, 6.45) is 8.82. The lowest BCUT2D eigenvalue weighted by atomic mass is 9.51. The maximum atomic E-state index is 12.8. The molecular formula is C22H30O3. The van der Waals surface area contributed by atoms with Gasteiger partial charge in [0.15, 0.2) is 11.6 Å². The van der Waals surface area contributed by atoms with Crippen molar-refractivity contribution in [3.05, 3.63) is 22.8 Å². The van der Waals surface area contributed by atoms with Crippen LogP contribution in [-0.4, -0.2) is 22.8 Å². The van der Waals surface area contributed by atoms with Gasteiger partial charge in [-0.15, -0.1) is 0 Å². The molecule has 0 unspecified atom stereocenters. The van der Waals surface area contributed by atoms with Crippen molar-refractivity contribution in [1.29, 1.82) is 0 Å². The molecule has 1 N–H and O–H groups in total. The smallest absolute Gasteiger partial charge is 0.167 e. The lowest BCUT2D eigenvalue weighted by Crippen LogP contribution is -2.50. The molecule has 0 spiro atoms. The number of carbonyl (C=O) groups is 2. The number of hydrogen-bond donors (Lipinski definition) is 1. The fourth-order valence-corrected chi connectivity index (χ4v) is 6.67. The Labute approximate surface area is 150 Å². The molecule has 0 saturated heterocycles. The fraction of sp³-hybridized carbons (Fsp3) is 0.727. The van der Waals surface area contributed by atoms with Gasteiger partial charge in [0, 0.05) is 11.8 Å². The van der Waals surface area contributed by atoms with E-state index in [9.17, 15) is 14.7 Å². The van der Waals surface area contributed by atoms with E-state index in [1.165, 1.54) is 11.1 Å². The van der Waals surface area contributed by atoms with Crippen LogP contribution < -0.4 is 0 Å². The van der Waals surface area contributed by atoms with E-state index >= 15 is 0 Å². The van der Waals surface area contributed by atoms with E-state index in [-0.39, 0.29) is 17.0 Å². The Balaban J connectivity index is 1.72. The molecule has 4 aliphatic rings. The van der Waals surface area contributed by atoms with Crippen molar-refractivity contribution in [2.75, 3.05) is 0 Å². The van der Waals surface area contributed by atoms with Crippen molar-refractivity contribution in [2.24, 2.45) is 22.7 Å². The van der Waals surface area contributed by atoms with Crippen LogP contribution >= 0.6 is 0 Å². The first kappa shape index (κ1) is 17.2. The fourth-order valence-electron chi connectivity index (χ4n) is 6.67. The minimum atomic E-state index is -0.870. The molecule has 0 aliphatic heterocycles. The van der Waals surface area contributed by atoms with Crippen LogP contribution in [0.2, 0.25) is 0 Å². The summed E-state index contributed by atoms with van der Waals surface area (Å²) in [5.74, 6) is 1.43. The van der Waals surface area contributed by atoms with Crippen LogP contribution in [0.15, 0.2) is 22.8 Å². The molecule has 3 heteroatoms. The number of aliphatic hydroxyl groups is 1. The Hall–Kier alpha value is -1.22. The predicted octanol–water partition coefficient (Wildman–Crippen LogP) is 4.15. The van der Waals surface area contributed by atoms with Gasteiger partial charge in [0.1, 0.15) is 6.10 Å². The summed E-state index contributed by atoms with van der Waals surface area (Å²) in [4.78, 5) is 24.6. The van der Waals surface area contributed by atoms with Crippen molar-refractivity contribution < 1.29 is 14.7 Å². The molecule has 0 heterocycles. The molecule has 0 amide bonds. The monoisotopic (exact) mass is 342 g/mol. The summed E-state index contributed by atoms with van der Waals surface area (Å²) in [5, 5.41) is 9.96. The van der Waals surface area contributed by atoms with Gasteiger partial charge in [-0.2, -0.15) is 0 Å². The van der Waals surface area contributed by atoms with E-state index in [1.807, 2.05) is 6.08 Å². The van der Waals surface area contributed by atoms with Gasteiger partial charge in [0.05, 0.1) is 0 Å². The molecule has 2 fully saturated rings. The minimum absolute atomic E-state index is 0.0124. The maximum Gasteiger partial charge on any atom is 0.167 e. The van der Waals surface area contributed by atoms with Crippen molar-refractivity contribution in [3.8, 4) is 0 Å². The molecule has 2 saturated carbocycles. The van der Waals surface area contributed by atoms with Crippen LogP contribution in [-0.2, 0) is 9.59 Å². The van der Waals surface area contributed by atoms with Crippen molar-refractivity contribution in [2.45, 2.75) is 78.2 Å². The van der Waals surface area contributed by atoms with E-state index < -0.39 is 11.5 Å². The van der Waals surface area contributed by atoms with Crippen LogP contribution in [0.4, 0.5) is 0 Å². The van der Waals surface area contributed by atoms with Crippen LogP contribution in [0.5, 0.6) is 0 Å². The number of Topliss-reactive ketones (excluding diaryl/α,β-unsaturated/α-hetero) is 1. The number of carbonyl (C=O) groups excluding carboxylic acids is 2. The number of fused-ring (bicyclic) bond motifs is 4. The summed E-state index contributed by atoms with van der Waals surface area (Å²) in [6.45, 7) is 6.03. The Morgan fingerprint density at radius 3 is 2.64 bits per heavy atom. The van der Waals surface area contributed by atoms with Crippen LogP contribution in [0.3, 0.4) is 0 Å². The number of ketones is 2. The Morgan fingerprint density at radius 1 is 1.16 bits per heavy atom. The number of rotatable bonds is 2. The van der Waals surface area contributed by atoms with Gasteiger partial charge in [0.2, 0.25) is 0 Å². The van der Waals surface area contributed by atoms with Crippen molar-refractivity contribution in [1.82, 2.24) is 0 Å². The van der Waals surface area contributed by atoms with E-state index in [1.54, 1.807) is 12.5 Å². The molecule has 0 aromatic heterocycles. The van der Waals surface area contributed by atoms with Crippen LogP contribution in [0.1, 0.15) is 72.1 Å². The summed E-state index contributed by atoms with van der Waals surface area (Å²) in [5.41, 5.74) is 3.96. The van der Waals surface area contributed by atoms with Gasteiger partial charge < -0.3 is 5.11 Å². The van der Waals surface area contributed by atoms with Crippen LogP contribution in [0.25, 0.3) is 0 Å². The maximum absolute atomic E-state index is 12.8. The average Bonchev–Trinajstić information content (AvgIpc) is 2.86. The first-order chi connectivity index (χ1) is 11.8. The largest absolute Gasteiger partial charge is 0.386 e. The first-order valence-corrected chi connectivity index (χ1v) is 9.96. The number of allylic oxidation sites excluding steroid dienone is 4. The second-order valence-electron chi connectivity index (χ2n) is 9.22. The lowest BCUT2D eigenvalue weighted by molar-refractivity contribution is -0.144. The molecule has 0 bridgehead atoms. The molecule has 3 nitrogen and oxygen atoms in total.